The van der Waals surface area contributed by atoms with E-state index in [0.29, 0.717) is 0 Å². The number of aromatic nitrogens is 1. The molecule has 17 heavy (non-hydrogen) atoms. The van der Waals surface area contributed by atoms with Crippen molar-refractivity contribution < 1.29 is 13.2 Å². The number of pyridine rings is 1. The summed E-state index contributed by atoms with van der Waals surface area (Å²) < 4.78 is 24.3. The van der Waals surface area contributed by atoms with E-state index >= 15 is 0 Å². The zero-order valence-corrected chi connectivity index (χ0v) is 10.7. The first-order chi connectivity index (χ1) is 7.78. The molecule has 0 bridgehead atoms. The number of carbonyl (C=O) groups is 1. The van der Waals surface area contributed by atoms with Crippen LogP contribution in [0, 0.1) is 0 Å². The lowest BCUT2D eigenvalue weighted by atomic mass is 10.4. The molecule has 6 nitrogen and oxygen atoms in total. The molecule has 0 aliphatic rings. The van der Waals surface area contributed by atoms with E-state index in [1.54, 1.807) is 0 Å². The minimum absolute atomic E-state index is 0.0471. The van der Waals surface area contributed by atoms with Crippen molar-refractivity contribution in [1.29, 1.82) is 0 Å². The average molecular weight is 257 g/mol. The van der Waals surface area contributed by atoms with Gasteiger partial charge in [-0.2, -0.15) is 0 Å². The molecular weight excluding hydrogens is 242 g/mol. The Bertz CT molecular complexity index is 525. The van der Waals surface area contributed by atoms with Gasteiger partial charge in [0.25, 0.3) is 0 Å². The number of carbonyl (C=O) groups excluding carboxylic acids is 1. The van der Waals surface area contributed by atoms with Crippen molar-refractivity contribution in [3.05, 3.63) is 18.5 Å². The first kappa shape index (κ1) is 13.4. The van der Waals surface area contributed by atoms with Crippen molar-refractivity contribution in [2.24, 2.45) is 0 Å². The predicted octanol–water partition coefficient (Wildman–Crippen LogP) is -0.0858. The molecule has 94 valence electrons. The predicted molar refractivity (Wildman–Crippen MR) is 64.0 cm³/mol. The Hall–Kier alpha value is -1.63. The second-order valence-electron chi connectivity index (χ2n) is 3.83. The first-order valence-corrected chi connectivity index (χ1v) is 6.47. The van der Waals surface area contributed by atoms with Gasteiger partial charge in [0.1, 0.15) is 5.25 Å². The van der Waals surface area contributed by atoms with E-state index in [4.69, 9.17) is 5.73 Å². The van der Waals surface area contributed by atoms with Crippen molar-refractivity contribution in [3.63, 3.8) is 0 Å². The summed E-state index contributed by atoms with van der Waals surface area (Å²) in [6.45, 7) is 1.34. The molecule has 0 aliphatic carbocycles. The van der Waals surface area contributed by atoms with Gasteiger partial charge in [0, 0.05) is 20.3 Å². The molecule has 1 amide bonds. The van der Waals surface area contributed by atoms with Crippen LogP contribution in [0.15, 0.2) is 23.4 Å². The zero-order valence-electron chi connectivity index (χ0n) is 9.91. The molecule has 0 fully saturated rings. The first-order valence-electron chi connectivity index (χ1n) is 4.93. The van der Waals surface area contributed by atoms with Crippen LogP contribution in [0.1, 0.15) is 6.92 Å². The fourth-order valence-corrected chi connectivity index (χ4v) is 2.83. The molecule has 0 saturated carbocycles. The lowest BCUT2D eigenvalue weighted by Crippen LogP contribution is -2.37. The molecule has 1 heterocycles. The third kappa shape index (κ3) is 2.55. The SMILES string of the molecule is CC(C(=O)N(C)C)S(=O)(=O)c1ccncc1N. The Balaban J connectivity index is 3.22. The average Bonchev–Trinajstić information content (AvgIpc) is 2.27. The van der Waals surface area contributed by atoms with Gasteiger partial charge in [0.2, 0.25) is 5.91 Å². The van der Waals surface area contributed by atoms with Crippen molar-refractivity contribution in [1.82, 2.24) is 9.88 Å². The van der Waals surface area contributed by atoms with Gasteiger partial charge in [0.05, 0.1) is 16.8 Å². The van der Waals surface area contributed by atoms with E-state index in [2.05, 4.69) is 4.98 Å². The highest BCUT2D eigenvalue weighted by atomic mass is 32.2. The number of hydrogen-bond donors (Lipinski definition) is 1. The fraction of sp³-hybridized carbons (Fsp3) is 0.400. The van der Waals surface area contributed by atoms with Crippen LogP contribution in [-0.4, -0.2) is 43.6 Å². The number of rotatable bonds is 3. The second kappa shape index (κ2) is 4.70. The van der Waals surface area contributed by atoms with Crippen molar-refractivity contribution in [3.8, 4) is 0 Å². The van der Waals surface area contributed by atoms with Crippen LogP contribution in [0.25, 0.3) is 0 Å². The van der Waals surface area contributed by atoms with E-state index in [9.17, 15) is 13.2 Å². The molecule has 1 atom stereocenters. The number of amides is 1. The van der Waals surface area contributed by atoms with Crippen LogP contribution in [0.3, 0.4) is 0 Å². The lowest BCUT2D eigenvalue weighted by Gasteiger charge is -2.17. The summed E-state index contributed by atoms with van der Waals surface area (Å²) in [4.78, 5) is 16.6. The largest absolute Gasteiger partial charge is 0.396 e. The zero-order chi connectivity index (χ0) is 13.2. The van der Waals surface area contributed by atoms with E-state index in [-0.39, 0.29) is 10.6 Å². The Labute approximate surface area is 100 Å². The summed E-state index contributed by atoms with van der Waals surface area (Å²) in [6.07, 6.45) is 2.58. The van der Waals surface area contributed by atoms with E-state index in [0.717, 1.165) is 0 Å². The van der Waals surface area contributed by atoms with E-state index in [1.165, 1.54) is 44.4 Å². The molecule has 2 N–H and O–H groups in total. The summed E-state index contributed by atoms with van der Waals surface area (Å²) in [5.41, 5.74) is 5.60. The highest BCUT2D eigenvalue weighted by Gasteiger charge is 2.32. The van der Waals surface area contributed by atoms with Crippen LogP contribution in [0.5, 0.6) is 0 Å². The van der Waals surface area contributed by atoms with Gasteiger partial charge in [-0.1, -0.05) is 0 Å². The molecule has 1 unspecified atom stereocenters. The summed E-state index contributed by atoms with van der Waals surface area (Å²) in [5.74, 6) is -0.485. The highest BCUT2D eigenvalue weighted by molar-refractivity contribution is 7.93. The highest BCUT2D eigenvalue weighted by Crippen LogP contribution is 2.21. The van der Waals surface area contributed by atoms with Gasteiger partial charge in [0.15, 0.2) is 9.84 Å². The molecule has 0 saturated heterocycles. The Morgan fingerprint density at radius 2 is 2.06 bits per heavy atom. The number of nitrogens with zero attached hydrogens (tertiary/aromatic N) is 2. The summed E-state index contributed by atoms with van der Waals surface area (Å²) in [6, 6.07) is 1.30. The fourth-order valence-electron chi connectivity index (χ4n) is 1.34. The smallest absolute Gasteiger partial charge is 0.240 e. The third-order valence-electron chi connectivity index (χ3n) is 2.37. The van der Waals surface area contributed by atoms with Crippen molar-refractivity contribution in [2.45, 2.75) is 17.1 Å². The maximum atomic E-state index is 12.1. The maximum Gasteiger partial charge on any atom is 0.240 e. The molecule has 0 aromatic carbocycles. The van der Waals surface area contributed by atoms with Gasteiger partial charge >= 0.3 is 0 Å². The molecule has 1 aromatic rings. The van der Waals surface area contributed by atoms with Crippen molar-refractivity contribution in [2.75, 3.05) is 19.8 Å². The standard InChI is InChI=1S/C10H15N3O3S/c1-7(10(14)13(2)3)17(15,16)9-4-5-12-6-8(9)11/h4-7H,11H2,1-3H3. The summed E-state index contributed by atoms with van der Waals surface area (Å²) in [7, 11) is -0.762. The van der Waals surface area contributed by atoms with Gasteiger partial charge in [-0.25, -0.2) is 8.42 Å². The van der Waals surface area contributed by atoms with Gasteiger partial charge < -0.3 is 10.6 Å². The lowest BCUT2D eigenvalue weighted by molar-refractivity contribution is -0.127. The number of nitrogen functional groups attached to an aromatic ring is 1. The number of sulfone groups is 1. The third-order valence-corrected chi connectivity index (χ3v) is 4.49. The van der Waals surface area contributed by atoms with Gasteiger partial charge in [-0.15, -0.1) is 0 Å². The maximum absolute atomic E-state index is 12.1. The van der Waals surface area contributed by atoms with Crippen LogP contribution >= 0.6 is 0 Å². The van der Waals surface area contributed by atoms with E-state index < -0.39 is 21.0 Å². The van der Waals surface area contributed by atoms with Gasteiger partial charge in [-0.3, -0.25) is 9.78 Å². The number of anilines is 1. The number of nitrogens with two attached hydrogens (primary N) is 1. The summed E-state index contributed by atoms with van der Waals surface area (Å²) >= 11 is 0. The monoisotopic (exact) mass is 257 g/mol. The second-order valence-corrected chi connectivity index (χ2v) is 6.07. The minimum atomic E-state index is -3.77. The molecule has 1 rings (SSSR count). The molecule has 0 aliphatic heterocycles. The van der Waals surface area contributed by atoms with Crippen LogP contribution in [0.4, 0.5) is 5.69 Å². The van der Waals surface area contributed by atoms with Crippen LogP contribution in [0.2, 0.25) is 0 Å². The van der Waals surface area contributed by atoms with Crippen LogP contribution in [-0.2, 0) is 14.6 Å². The van der Waals surface area contributed by atoms with Crippen LogP contribution < -0.4 is 5.73 Å². The minimum Gasteiger partial charge on any atom is -0.396 e. The normalized spacial score (nSPS) is 13.1. The summed E-state index contributed by atoms with van der Waals surface area (Å²) in [5, 5.41) is -1.16. The molecule has 1 aromatic heterocycles. The molecule has 0 radical (unpaired) electrons. The topological polar surface area (TPSA) is 93.4 Å². The number of hydrogen-bond acceptors (Lipinski definition) is 5. The quantitative estimate of drug-likeness (QED) is 0.817. The van der Waals surface area contributed by atoms with Gasteiger partial charge in [-0.05, 0) is 13.0 Å². The Morgan fingerprint density at radius 3 is 2.53 bits per heavy atom. The Kier molecular flexibility index (Phi) is 3.72. The van der Waals surface area contributed by atoms with E-state index in [1.807, 2.05) is 0 Å². The Morgan fingerprint density at radius 1 is 1.47 bits per heavy atom. The molecule has 7 heteroatoms. The molecule has 0 spiro atoms. The van der Waals surface area contributed by atoms with Crippen molar-refractivity contribution >= 4 is 21.4 Å². The molecular formula is C10H15N3O3S.